The maximum atomic E-state index is 13.9. The average molecular weight is 883 g/mol. The van der Waals surface area contributed by atoms with Gasteiger partial charge in [0.15, 0.2) is 22.9 Å². The number of hydrogen-bond acceptors (Lipinski definition) is 10. The number of carbonyl (C=O) groups excluding carboxylic acids is 2. The van der Waals surface area contributed by atoms with Crippen molar-refractivity contribution in [1.29, 1.82) is 0 Å². The molecule has 8 rings (SSSR count). The van der Waals surface area contributed by atoms with E-state index >= 15 is 0 Å². The summed E-state index contributed by atoms with van der Waals surface area (Å²) in [6, 6.07) is 25.2. The highest BCUT2D eigenvalue weighted by atomic mass is 19.1. The van der Waals surface area contributed by atoms with Gasteiger partial charge in [-0.3, -0.25) is 19.4 Å². The largest absolute Gasteiger partial charge is 0.497 e. The number of amides is 2. The molecule has 0 bridgehead atoms. The molecule has 336 valence electrons. The highest BCUT2D eigenvalue weighted by Crippen LogP contribution is 2.27. The third-order valence-electron chi connectivity index (χ3n) is 11.5. The van der Waals surface area contributed by atoms with Crippen molar-refractivity contribution >= 4 is 11.8 Å². The van der Waals surface area contributed by atoms with Gasteiger partial charge in [0.05, 0.1) is 25.3 Å². The van der Waals surface area contributed by atoms with Gasteiger partial charge < -0.3 is 29.2 Å². The van der Waals surface area contributed by atoms with E-state index < -0.39 is 23.3 Å². The van der Waals surface area contributed by atoms with Crippen LogP contribution in [0.4, 0.5) is 17.6 Å². The monoisotopic (exact) mass is 882 g/mol. The highest BCUT2D eigenvalue weighted by molar-refractivity contribution is 5.93. The van der Waals surface area contributed by atoms with Crippen molar-refractivity contribution in [2.75, 3.05) is 53.5 Å². The number of likely N-dealkylation sites (tertiary alicyclic amines) is 2. The first-order chi connectivity index (χ1) is 31.0. The van der Waals surface area contributed by atoms with Crippen molar-refractivity contribution in [1.82, 2.24) is 30.7 Å². The lowest BCUT2D eigenvalue weighted by molar-refractivity contribution is 0.0918. The molecule has 2 aliphatic heterocycles. The van der Waals surface area contributed by atoms with Gasteiger partial charge in [-0.1, -0.05) is 34.6 Å². The summed E-state index contributed by atoms with van der Waals surface area (Å²) >= 11 is 0. The van der Waals surface area contributed by atoms with E-state index in [1.54, 1.807) is 14.2 Å². The van der Waals surface area contributed by atoms with Gasteiger partial charge >= 0.3 is 0 Å². The number of methoxy groups -OCH3 is 2. The Labute approximate surface area is 368 Å². The van der Waals surface area contributed by atoms with Crippen LogP contribution in [-0.4, -0.2) is 85.4 Å². The van der Waals surface area contributed by atoms with Gasteiger partial charge in [0, 0.05) is 50.4 Å². The Kier molecular flexibility index (Phi) is 15.4. The average Bonchev–Trinajstić information content (AvgIpc) is 4.01. The lowest BCUT2D eigenvalue weighted by atomic mass is 9.96. The molecule has 2 amide bonds. The van der Waals surface area contributed by atoms with Crippen LogP contribution in [0.15, 0.2) is 106 Å². The van der Waals surface area contributed by atoms with E-state index in [-0.39, 0.29) is 45.8 Å². The molecule has 2 saturated heterocycles. The molecule has 2 fully saturated rings. The summed E-state index contributed by atoms with van der Waals surface area (Å²) in [5.41, 5.74) is 2.72. The summed E-state index contributed by atoms with van der Waals surface area (Å²) in [5, 5.41) is 13.2. The zero-order chi connectivity index (χ0) is 45.0. The summed E-state index contributed by atoms with van der Waals surface area (Å²) in [6.07, 6.45) is 3.94. The zero-order valence-corrected chi connectivity index (χ0v) is 35.6. The lowest BCUT2D eigenvalue weighted by Gasteiger charge is -2.32. The van der Waals surface area contributed by atoms with Gasteiger partial charge in [0.2, 0.25) is 0 Å². The summed E-state index contributed by atoms with van der Waals surface area (Å²) in [6.45, 7) is 6.68. The Morgan fingerprint density at radius 2 is 1.06 bits per heavy atom. The fourth-order valence-corrected chi connectivity index (χ4v) is 7.77. The van der Waals surface area contributed by atoms with Gasteiger partial charge in [0.25, 0.3) is 11.8 Å². The topological polar surface area (TPSA) is 135 Å². The minimum atomic E-state index is -0.770. The van der Waals surface area contributed by atoms with Crippen molar-refractivity contribution in [3.8, 4) is 34.1 Å². The van der Waals surface area contributed by atoms with E-state index in [9.17, 15) is 27.2 Å². The molecule has 0 unspecified atom stereocenters. The van der Waals surface area contributed by atoms with Crippen LogP contribution in [0, 0.1) is 35.1 Å². The molecule has 12 nitrogen and oxygen atoms in total. The molecule has 16 heteroatoms. The summed E-state index contributed by atoms with van der Waals surface area (Å²) in [4.78, 5) is 29.6. The quantitative estimate of drug-likeness (QED) is 0.103. The highest BCUT2D eigenvalue weighted by Gasteiger charge is 2.24. The molecule has 0 aliphatic carbocycles. The first-order valence-corrected chi connectivity index (χ1v) is 21.1. The second-order valence-corrected chi connectivity index (χ2v) is 16.0. The Bertz CT molecular complexity index is 2480. The third kappa shape index (κ3) is 12.3. The molecule has 0 radical (unpaired) electrons. The number of aromatic nitrogens is 2. The maximum absolute atomic E-state index is 13.9. The van der Waals surface area contributed by atoms with Crippen molar-refractivity contribution in [2.24, 2.45) is 11.8 Å². The number of piperidine rings is 2. The van der Waals surface area contributed by atoms with E-state index in [4.69, 9.17) is 18.5 Å². The van der Waals surface area contributed by atoms with Crippen molar-refractivity contribution < 1.29 is 45.7 Å². The standard InChI is InChI=1S/2C24H25F2N3O3/c1-31-19-5-2-17(3-6-19)15-29-10-8-16(9-11-29)14-27-24(30)22-13-23(32-28-22)20-7-4-18(25)12-21(20)26;1-31-19-4-2-3-17(11-19)15-29-9-7-16(8-10-29)14-27-24(30)22-13-23(32-28-22)20-6-5-18(25)12-21(20)26/h2-7,12-13,16H,8-11,14-15H2,1H3,(H,27,30);2-6,11-13,16H,7-10,14-15H2,1H3,(H,27,30). The lowest BCUT2D eigenvalue weighted by Crippen LogP contribution is -2.38. The molecule has 2 aliphatic rings. The molecular weight excluding hydrogens is 833 g/mol. The number of rotatable bonds is 14. The third-order valence-corrected chi connectivity index (χ3v) is 11.5. The zero-order valence-electron chi connectivity index (χ0n) is 35.6. The normalized spacial score (nSPS) is 15.0. The molecule has 0 saturated carbocycles. The van der Waals surface area contributed by atoms with Crippen LogP contribution in [0.5, 0.6) is 11.5 Å². The molecule has 4 heterocycles. The van der Waals surface area contributed by atoms with Crippen LogP contribution in [0.2, 0.25) is 0 Å². The molecular formula is C48H50F4N6O6. The Hall–Kier alpha value is -6.52. The van der Waals surface area contributed by atoms with E-state index in [2.05, 4.69) is 55.0 Å². The number of benzene rings is 4. The molecule has 4 aromatic carbocycles. The minimum Gasteiger partial charge on any atom is -0.497 e. The number of halogens is 4. The SMILES string of the molecule is COc1ccc(CN2CCC(CNC(=O)c3cc(-c4ccc(F)cc4F)on3)CC2)cc1.COc1cccc(CN2CCC(CNC(=O)c3cc(-c4ccc(F)cc4F)on3)CC2)c1. The van der Waals surface area contributed by atoms with Crippen LogP contribution in [0.25, 0.3) is 22.6 Å². The predicted octanol–water partition coefficient (Wildman–Crippen LogP) is 8.54. The van der Waals surface area contributed by atoms with Gasteiger partial charge in [-0.25, -0.2) is 17.6 Å². The summed E-state index contributed by atoms with van der Waals surface area (Å²) < 4.78 is 74.6. The fourth-order valence-electron chi connectivity index (χ4n) is 7.77. The Morgan fingerprint density at radius 3 is 1.52 bits per heavy atom. The van der Waals surface area contributed by atoms with E-state index in [0.29, 0.717) is 24.9 Å². The van der Waals surface area contributed by atoms with Crippen molar-refractivity contribution in [3.63, 3.8) is 0 Å². The van der Waals surface area contributed by atoms with Gasteiger partial charge in [-0.2, -0.15) is 0 Å². The fraction of sp³-hybridized carbons (Fsp3) is 0.333. The molecule has 0 spiro atoms. The van der Waals surface area contributed by atoms with Crippen LogP contribution < -0.4 is 20.1 Å². The molecule has 0 atom stereocenters. The Balaban J connectivity index is 0.000000191. The molecule has 64 heavy (non-hydrogen) atoms. The Morgan fingerprint density at radius 1 is 0.594 bits per heavy atom. The first kappa shape index (κ1) is 45.5. The summed E-state index contributed by atoms with van der Waals surface area (Å²) in [5.74, 6) is -1.01. The van der Waals surface area contributed by atoms with E-state index in [1.807, 2.05) is 24.3 Å². The van der Waals surface area contributed by atoms with Crippen LogP contribution in [0.3, 0.4) is 0 Å². The van der Waals surface area contributed by atoms with E-state index in [1.165, 1.54) is 35.4 Å². The molecule has 2 N–H and O–H groups in total. The second-order valence-electron chi connectivity index (χ2n) is 16.0. The number of nitrogens with zero attached hydrogens (tertiary/aromatic N) is 4. The second kappa shape index (κ2) is 21.7. The number of nitrogens with one attached hydrogen (secondary N) is 2. The number of hydrogen-bond donors (Lipinski definition) is 2. The first-order valence-electron chi connectivity index (χ1n) is 21.1. The smallest absolute Gasteiger partial charge is 0.273 e. The van der Waals surface area contributed by atoms with Gasteiger partial charge in [-0.05, 0) is 123 Å². The van der Waals surface area contributed by atoms with Crippen LogP contribution in [0.1, 0.15) is 57.8 Å². The van der Waals surface area contributed by atoms with Gasteiger partial charge in [-0.15, -0.1) is 0 Å². The van der Waals surface area contributed by atoms with Crippen molar-refractivity contribution in [3.05, 3.63) is 143 Å². The predicted molar refractivity (Wildman–Crippen MR) is 230 cm³/mol. The van der Waals surface area contributed by atoms with Gasteiger partial charge in [0.1, 0.15) is 34.8 Å². The van der Waals surface area contributed by atoms with Crippen LogP contribution in [-0.2, 0) is 13.1 Å². The van der Waals surface area contributed by atoms with E-state index in [0.717, 1.165) is 101 Å². The minimum absolute atomic E-state index is 0.0568. The molecule has 6 aromatic rings. The van der Waals surface area contributed by atoms with Crippen LogP contribution >= 0.6 is 0 Å². The maximum Gasteiger partial charge on any atom is 0.273 e. The summed E-state index contributed by atoms with van der Waals surface area (Å²) in [7, 11) is 3.32. The number of carbonyl (C=O) groups is 2. The number of ether oxygens (including phenoxy) is 2. The molecule has 2 aromatic heterocycles. The van der Waals surface area contributed by atoms with Crippen molar-refractivity contribution in [2.45, 2.75) is 38.8 Å².